The number of halogens is 1. The molecule has 3 atom stereocenters. The Kier molecular flexibility index (Phi) is 7.91. The van der Waals surface area contributed by atoms with Gasteiger partial charge in [-0.2, -0.15) is 5.26 Å². The summed E-state index contributed by atoms with van der Waals surface area (Å²) in [6, 6.07) is 15.0. The maximum atomic E-state index is 13.2. The molecule has 2 N–H and O–H groups in total. The van der Waals surface area contributed by atoms with E-state index in [0.29, 0.717) is 29.5 Å². The molecular formula is C27H31FN4O2. The fourth-order valence-electron chi connectivity index (χ4n) is 4.62. The number of carbonyl (C=O) groups is 2. The Hall–Kier alpha value is -3.24. The molecule has 6 nitrogen and oxygen atoms in total. The molecule has 0 radical (unpaired) electrons. The largest absolute Gasteiger partial charge is 0.341 e. The molecule has 0 spiro atoms. The van der Waals surface area contributed by atoms with Crippen LogP contribution in [0.3, 0.4) is 0 Å². The summed E-state index contributed by atoms with van der Waals surface area (Å²) in [4.78, 5) is 27.9. The van der Waals surface area contributed by atoms with Crippen molar-refractivity contribution in [2.24, 2.45) is 0 Å². The number of likely N-dealkylation sites (tertiary alicyclic amines) is 1. The van der Waals surface area contributed by atoms with Crippen LogP contribution in [0.15, 0.2) is 48.5 Å². The highest BCUT2D eigenvalue weighted by Gasteiger charge is 2.37. The van der Waals surface area contributed by atoms with Gasteiger partial charge in [-0.05, 0) is 87.0 Å². The van der Waals surface area contributed by atoms with Crippen LogP contribution in [0.25, 0.3) is 0 Å². The van der Waals surface area contributed by atoms with E-state index in [1.165, 1.54) is 12.1 Å². The molecule has 2 aliphatic rings. The van der Waals surface area contributed by atoms with Gasteiger partial charge in [-0.15, -0.1) is 0 Å². The third-order valence-corrected chi connectivity index (χ3v) is 6.71. The van der Waals surface area contributed by atoms with Gasteiger partial charge in [-0.1, -0.05) is 12.1 Å². The number of hydrogen-bond acceptors (Lipinski definition) is 4. The SMILES string of the molecule is N#Cc1ccc(C(=O)N[C@@H](CCCN[C@@H]2C[C@H]2c2ccc(F)cc2)C(=O)N2CCCCC2)cc1. The Balaban J connectivity index is 1.30. The lowest BCUT2D eigenvalue weighted by Crippen LogP contribution is -2.50. The lowest BCUT2D eigenvalue weighted by Gasteiger charge is -2.31. The van der Waals surface area contributed by atoms with E-state index in [0.717, 1.165) is 57.3 Å². The monoisotopic (exact) mass is 462 g/mol. The van der Waals surface area contributed by atoms with E-state index in [4.69, 9.17) is 5.26 Å². The minimum Gasteiger partial charge on any atom is -0.341 e. The quantitative estimate of drug-likeness (QED) is 0.556. The standard InChI is InChI=1S/C27H31FN4O2/c28-22-12-10-20(11-13-22)23-17-25(23)30-14-4-5-24(27(34)32-15-2-1-3-16-32)31-26(33)21-8-6-19(18-29)7-9-21/h6-13,23-25,30H,1-5,14-17H2,(H,31,33)/t23-,24-,25+/m0/s1. The summed E-state index contributed by atoms with van der Waals surface area (Å²) in [6.45, 7) is 2.22. The topological polar surface area (TPSA) is 85.2 Å². The first-order valence-electron chi connectivity index (χ1n) is 12.1. The van der Waals surface area contributed by atoms with Crippen molar-refractivity contribution in [2.45, 2.75) is 56.5 Å². The van der Waals surface area contributed by atoms with Crippen LogP contribution in [0.5, 0.6) is 0 Å². The molecule has 0 bridgehead atoms. The van der Waals surface area contributed by atoms with Crippen molar-refractivity contribution >= 4 is 11.8 Å². The van der Waals surface area contributed by atoms with Gasteiger partial charge < -0.3 is 15.5 Å². The predicted molar refractivity (Wildman–Crippen MR) is 128 cm³/mol. The average Bonchev–Trinajstić information content (AvgIpc) is 3.66. The summed E-state index contributed by atoms with van der Waals surface area (Å²) in [5.41, 5.74) is 2.07. The van der Waals surface area contributed by atoms with Gasteiger partial charge in [0.05, 0.1) is 11.6 Å². The van der Waals surface area contributed by atoms with Crippen molar-refractivity contribution in [2.75, 3.05) is 19.6 Å². The molecule has 2 amide bonds. The molecule has 2 fully saturated rings. The molecule has 2 aromatic rings. The number of benzene rings is 2. The molecule has 1 saturated carbocycles. The molecule has 2 aromatic carbocycles. The van der Waals surface area contributed by atoms with Gasteiger partial charge in [0.2, 0.25) is 5.91 Å². The van der Waals surface area contributed by atoms with E-state index < -0.39 is 6.04 Å². The maximum Gasteiger partial charge on any atom is 0.251 e. The van der Waals surface area contributed by atoms with Crippen molar-refractivity contribution < 1.29 is 14.0 Å². The van der Waals surface area contributed by atoms with Crippen molar-refractivity contribution in [1.29, 1.82) is 5.26 Å². The van der Waals surface area contributed by atoms with E-state index in [9.17, 15) is 14.0 Å². The summed E-state index contributed by atoms with van der Waals surface area (Å²) in [6.07, 6.45) is 5.46. The molecular weight excluding hydrogens is 431 g/mol. The third kappa shape index (κ3) is 6.21. The van der Waals surface area contributed by atoms with Crippen LogP contribution in [0, 0.1) is 17.1 Å². The Morgan fingerprint density at radius 3 is 2.44 bits per heavy atom. The maximum absolute atomic E-state index is 13.2. The smallest absolute Gasteiger partial charge is 0.251 e. The Bertz CT molecular complexity index is 1030. The van der Waals surface area contributed by atoms with Gasteiger partial charge in [0, 0.05) is 30.6 Å². The van der Waals surface area contributed by atoms with Crippen molar-refractivity contribution in [3.63, 3.8) is 0 Å². The average molecular weight is 463 g/mol. The van der Waals surface area contributed by atoms with E-state index in [-0.39, 0.29) is 17.6 Å². The number of hydrogen-bond donors (Lipinski definition) is 2. The molecule has 178 valence electrons. The van der Waals surface area contributed by atoms with Crippen molar-refractivity contribution in [3.8, 4) is 6.07 Å². The number of carbonyl (C=O) groups excluding carboxylic acids is 2. The molecule has 34 heavy (non-hydrogen) atoms. The van der Waals surface area contributed by atoms with Crippen LogP contribution in [0.4, 0.5) is 4.39 Å². The number of rotatable bonds is 9. The second-order valence-electron chi connectivity index (χ2n) is 9.20. The first-order valence-corrected chi connectivity index (χ1v) is 12.1. The molecule has 1 saturated heterocycles. The Labute approximate surface area is 200 Å². The van der Waals surface area contributed by atoms with Crippen LogP contribution < -0.4 is 10.6 Å². The number of piperidine rings is 1. The lowest BCUT2D eigenvalue weighted by atomic mass is 10.1. The van der Waals surface area contributed by atoms with E-state index >= 15 is 0 Å². The normalized spacial score (nSPS) is 20.3. The molecule has 1 heterocycles. The van der Waals surface area contributed by atoms with Gasteiger partial charge in [0.25, 0.3) is 5.91 Å². The van der Waals surface area contributed by atoms with Crippen LogP contribution in [0.1, 0.15) is 65.9 Å². The van der Waals surface area contributed by atoms with Gasteiger partial charge in [-0.3, -0.25) is 9.59 Å². The molecule has 0 aromatic heterocycles. The van der Waals surface area contributed by atoms with Crippen LogP contribution in [-0.4, -0.2) is 48.4 Å². The minimum atomic E-state index is -0.574. The summed E-state index contributed by atoms with van der Waals surface area (Å²) in [5.74, 6) is -0.132. The zero-order valence-corrected chi connectivity index (χ0v) is 19.3. The second-order valence-corrected chi connectivity index (χ2v) is 9.20. The summed E-state index contributed by atoms with van der Waals surface area (Å²) >= 11 is 0. The highest BCUT2D eigenvalue weighted by Crippen LogP contribution is 2.40. The summed E-state index contributed by atoms with van der Waals surface area (Å²) in [5, 5.41) is 15.4. The first kappa shape index (κ1) is 23.9. The number of nitrogens with zero attached hydrogens (tertiary/aromatic N) is 2. The highest BCUT2D eigenvalue weighted by molar-refractivity contribution is 5.97. The van der Waals surface area contributed by atoms with Crippen molar-refractivity contribution in [3.05, 3.63) is 71.0 Å². The third-order valence-electron chi connectivity index (χ3n) is 6.71. The minimum absolute atomic E-state index is 0.0164. The van der Waals surface area contributed by atoms with Gasteiger partial charge in [-0.25, -0.2) is 4.39 Å². The zero-order chi connectivity index (χ0) is 23.9. The van der Waals surface area contributed by atoms with Gasteiger partial charge in [0.1, 0.15) is 11.9 Å². The summed E-state index contributed by atoms with van der Waals surface area (Å²) in [7, 11) is 0. The van der Waals surface area contributed by atoms with Crippen LogP contribution in [0.2, 0.25) is 0 Å². The van der Waals surface area contributed by atoms with E-state index in [1.54, 1.807) is 24.3 Å². The second kappa shape index (κ2) is 11.3. The molecule has 1 aliphatic carbocycles. The number of nitrogens with one attached hydrogen (secondary N) is 2. The summed E-state index contributed by atoms with van der Waals surface area (Å²) < 4.78 is 13.1. The Morgan fingerprint density at radius 2 is 1.76 bits per heavy atom. The number of nitriles is 1. The van der Waals surface area contributed by atoms with Crippen LogP contribution >= 0.6 is 0 Å². The molecule has 0 unspecified atom stereocenters. The van der Waals surface area contributed by atoms with E-state index in [2.05, 4.69) is 10.6 Å². The van der Waals surface area contributed by atoms with Gasteiger partial charge in [0.15, 0.2) is 0 Å². The zero-order valence-electron chi connectivity index (χ0n) is 19.3. The highest BCUT2D eigenvalue weighted by atomic mass is 19.1. The van der Waals surface area contributed by atoms with Crippen LogP contribution in [-0.2, 0) is 4.79 Å². The Morgan fingerprint density at radius 1 is 1.06 bits per heavy atom. The number of amides is 2. The molecule has 4 rings (SSSR count). The van der Waals surface area contributed by atoms with Gasteiger partial charge >= 0.3 is 0 Å². The molecule has 1 aliphatic heterocycles. The lowest BCUT2D eigenvalue weighted by molar-refractivity contribution is -0.134. The first-order chi connectivity index (χ1) is 16.5. The van der Waals surface area contributed by atoms with Crippen molar-refractivity contribution in [1.82, 2.24) is 15.5 Å². The fraction of sp³-hybridized carbons (Fsp3) is 0.444. The fourth-order valence-corrected chi connectivity index (χ4v) is 4.62. The van der Waals surface area contributed by atoms with E-state index in [1.807, 2.05) is 23.1 Å². The molecule has 7 heteroatoms. The predicted octanol–water partition coefficient (Wildman–Crippen LogP) is 3.73.